The molecule has 1 saturated heterocycles. The average molecular weight is 450 g/mol. The van der Waals surface area contributed by atoms with Crippen LogP contribution in [0.1, 0.15) is 44.1 Å². The van der Waals surface area contributed by atoms with Crippen LogP contribution in [0.5, 0.6) is 0 Å². The van der Waals surface area contributed by atoms with E-state index < -0.39 is 17.4 Å². The Morgan fingerprint density at radius 2 is 2.07 bits per heavy atom. The first kappa shape index (κ1) is 20.7. The Balaban J connectivity index is 1.68. The Kier molecular flexibility index (Phi) is 5.71. The number of halogens is 2. The third-order valence-electron chi connectivity index (χ3n) is 5.54. The summed E-state index contributed by atoms with van der Waals surface area (Å²) >= 11 is 12.1. The van der Waals surface area contributed by atoms with Gasteiger partial charge in [-0.1, -0.05) is 29.3 Å². The molecule has 2 aromatic rings. The molecule has 1 aromatic heterocycles. The number of carbonyl (C=O) groups excluding carboxylic acids is 2. The van der Waals surface area contributed by atoms with Crippen LogP contribution in [-0.4, -0.2) is 34.4 Å². The molecule has 3 N–H and O–H groups in total. The van der Waals surface area contributed by atoms with Crippen molar-refractivity contribution in [2.24, 2.45) is 0 Å². The van der Waals surface area contributed by atoms with Crippen molar-refractivity contribution < 1.29 is 9.59 Å². The summed E-state index contributed by atoms with van der Waals surface area (Å²) in [6, 6.07) is 5.06. The van der Waals surface area contributed by atoms with Gasteiger partial charge in [0.05, 0.1) is 27.2 Å². The summed E-state index contributed by atoms with van der Waals surface area (Å²) in [5.41, 5.74) is 0.00799. The lowest BCUT2D eigenvalue weighted by Crippen LogP contribution is -2.42. The van der Waals surface area contributed by atoms with Crippen molar-refractivity contribution in [3.05, 3.63) is 44.2 Å². The standard InChI is InChI=1S/C20H21Cl2N5O3/c1-10-5-2-3-8-27(10)20-25-17-15(19(30)26-20)11(9-14(28)24-17)18(29)23-13-7-4-6-12(21)16(13)22/h4,6-7,10-11H,2-3,5,8-9H2,1H3,(H,23,29)(H2,24,25,26,28,30). The highest BCUT2D eigenvalue weighted by atomic mass is 35.5. The molecule has 0 bridgehead atoms. The lowest BCUT2D eigenvalue weighted by Gasteiger charge is -2.34. The Labute approximate surface area is 183 Å². The van der Waals surface area contributed by atoms with Crippen LogP contribution in [0.2, 0.25) is 10.0 Å². The van der Waals surface area contributed by atoms with Crippen LogP contribution in [0.25, 0.3) is 0 Å². The minimum absolute atomic E-state index is 0.125. The van der Waals surface area contributed by atoms with Gasteiger partial charge in [-0.2, -0.15) is 4.98 Å². The molecular weight excluding hydrogens is 429 g/mol. The number of fused-ring (bicyclic) bond motifs is 1. The number of H-pyrrole nitrogens is 1. The number of hydrogen-bond acceptors (Lipinski definition) is 5. The fourth-order valence-electron chi connectivity index (χ4n) is 3.95. The molecule has 2 amide bonds. The Hall–Kier alpha value is -2.58. The highest BCUT2D eigenvalue weighted by Gasteiger charge is 2.35. The first-order valence-corrected chi connectivity index (χ1v) is 10.6. The van der Waals surface area contributed by atoms with Crippen LogP contribution in [0, 0.1) is 0 Å². The Morgan fingerprint density at radius 3 is 2.83 bits per heavy atom. The molecule has 2 aliphatic rings. The Morgan fingerprint density at radius 1 is 1.27 bits per heavy atom. The van der Waals surface area contributed by atoms with E-state index in [1.807, 2.05) is 4.90 Å². The maximum Gasteiger partial charge on any atom is 0.258 e. The van der Waals surface area contributed by atoms with Crippen LogP contribution in [0.3, 0.4) is 0 Å². The highest BCUT2D eigenvalue weighted by molar-refractivity contribution is 6.44. The molecule has 1 fully saturated rings. The molecule has 158 valence electrons. The molecule has 3 heterocycles. The van der Waals surface area contributed by atoms with Crippen molar-refractivity contribution in [1.82, 2.24) is 9.97 Å². The van der Waals surface area contributed by atoms with E-state index in [1.165, 1.54) is 0 Å². The predicted octanol–water partition coefficient (Wildman–Crippen LogP) is 3.52. The second kappa shape index (κ2) is 8.28. The summed E-state index contributed by atoms with van der Waals surface area (Å²) in [5, 5.41) is 5.79. The second-order valence-corrected chi connectivity index (χ2v) is 8.37. The fourth-order valence-corrected chi connectivity index (χ4v) is 4.30. The molecule has 4 rings (SSSR count). The van der Waals surface area contributed by atoms with Gasteiger partial charge >= 0.3 is 0 Å². The van der Waals surface area contributed by atoms with E-state index in [1.54, 1.807) is 18.2 Å². The number of nitrogens with one attached hydrogen (secondary N) is 3. The van der Waals surface area contributed by atoms with E-state index in [0.717, 1.165) is 25.8 Å². The van der Waals surface area contributed by atoms with Gasteiger partial charge in [0.15, 0.2) is 0 Å². The van der Waals surface area contributed by atoms with E-state index in [0.29, 0.717) is 11.6 Å². The number of hydrogen-bond donors (Lipinski definition) is 3. The van der Waals surface area contributed by atoms with Crippen molar-refractivity contribution in [3.63, 3.8) is 0 Å². The number of piperidine rings is 1. The lowest BCUT2D eigenvalue weighted by molar-refractivity contribution is -0.123. The van der Waals surface area contributed by atoms with Crippen LogP contribution in [-0.2, 0) is 9.59 Å². The number of amides is 2. The van der Waals surface area contributed by atoms with Crippen molar-refractivity contribution in [3.8, 4) is 0 Å². The SMILES string of the molecule is CC1CCCCN1c1nc2c(c(=O)[nH]1)C(C(=O)Nc1cccc(Cl)c1Cl)CC(=O)N2. The maximum atomic E-state index is 12.9. The highest BCUT2D eigenvalue weighted by Crippen LogP contribution is 2.34. The molecule has 0 spiro atoms. The topological polar surface area (TPSA) is 107 Å². The van der Waals surface area contributed by atoms with Gasteiger partial charge in [-0.25, -0.2) is 0 Å². The number of carbonyl (C=O) groups is 2. The van der Waals surface area contributed by atoms with Crippen molar-refractivity contribution >= 4 is 52.5 Å². The molecule has 2 unspecified atom stereocenters. The lowest BCUT2D eigenvalue weighted by atomic mass is 9.92. The van der Waals surface area contributed by atoms with E-state index in [-0.39, 0.29) is 39.8 Å². The molecule has 1 aromatic carbocycles. The van der Waals surface area contributed by atoms with Gasteiger partial charge in [-0.15, -0.1) is 0 Å². The van der Waals surface area contributed by atoms with Crippen LogP contribution < -0.4 is 21.1 Å². The normalized spacial score (nSPS) is 21.0. The maximum absolute atomic E-state index is 12.9. The minimum atomic E-state index is -0.993. The monoisotopic (exact) mass is 449 g/mol. The predicted molar refractivity (Wildman–Crippen MR) is 117 cm³/mol. The van der Waals surface area contributed by atoms with Crippen molar-refractivity contribution in [2.45, 2.75) is 44.6 Å². The average Bonchev–Trinajstić information content (AvgIpc) is 2.70. The first-order valence-electron chi connectivity index (χ1n) is 9.80. The van der Waals surface area contributed by atoms with Crippen molar-refractivity contribution in [1.29, 1.82) is 0 Å². The molecule has 2 aliphatic heterocycles. The molecule has 30 heavy (non-hydrogen) atoms. The smallest absolute Gasteiger partial charge is 0.258 e. The van der Waals surface area contributed by atoms with Gasteiger partial charge in [0.1, 0.15) is 5.82 Å². The van der Waals surface area contributed by atoms with E-state index >= 15 is 0 Å². The number of benzene rings is 1. The van der Waals surface area contributed by atoms with Crippen LogP contribution >= 0.6 is 23.2 Å². The van der Waals surface area contributed by atoms with E-state index in [2.05, 4.69) is 27.5 Å². The van der Waals surface area contributed by atoms with Crippen molar-refractivity contribution in [2.75, 3.05) is 22.1 Å². The molecule has 0 saturated carbocycles. The fraction of sp³-hybridized carbons (Fsp3) is 0.400. The zero-order valence-corrected chi connectivity index (χ0v) is 17.8. The van der Waals surface area contributed by atoms with Gasteiger partial charge in [0.2, 0.25) is 17.8 Å². The molecule has 0 radical (unpaired) electrons. The van der Waals surface area contributed by atoms with E-state index in [4.69, 9.17) is 23.2 Å². The Bertz CT molecular complexity index is 1070. The zero-order chi connectivity index (χ0) is 21.4. The molecular formula is C20H21Cl2N5O3. The quantitative estimate of drug-likeness (QED) is 0.664. The molecule has 2 atom stereocenters. The molecule has 0 aliphatic carbocycles. The van der Waals surface area contributed by atoms with Gasteiger partial charge in [0, 0.05) is 19.0 Å². The molecule has 10 heteroatoms. The number of rotatable bonds is 3. The summed E-state index contributed by atoms with van der Waals surface area (Å²) in [7, 11) is 0. The number of anilines is 3. The van der Waals surface area contributed by atoms with E-state index in [9.17, 15) is 14.4 Å². The second-order valence-electron chi connectivity index (χ2n) is 7.59. The van der Waals surface area contributed by atoms with Gasteiger partial charge in [-0.3, -0.25) is 19.4 Å². The summed E-state index contributed by atoms with van der Waals surface area (Å²) in [5.74, 6) is -1.37. The number of aromatic nitrogens is 2. The summed E-state index contributed by atoms with van der Waals surface area (Å²) in [6.45, 7) is 2.84. The summed E-state index contributed by atoms with van der Waals surface area (Å²) in [4.78, 5) is 47.5. The van der Waals surface area contributed by atoms with Crippen LogP contribution in [0.4, 0.5) is 17.5 Å². The summed E-state index contributed by atoms with van der Waals surface area (Å²) in [6.07, 6.45) is 2.96. The number of aromatic amines is 1. The van der Waals surface area contributed by atoms with Crippen LogP contribution in [0.15, 0.2) is 23.0 Å². The van der Waals surface area contributed by atoms with Gasteiger partial charge in [-0.05, 0) is 38.3 Å². The third kappa shape index (κ3) is 3.89. The third-order valence-corrected chi connectivity index (χ3v) is 6.36. The number of nitrogens with zero attached hydrogens (tertiary/aromatic N) is 2. The first-order chi connectivity index (χ1) is 14.3. The molecule has 8 nitrogen and oxygen atoms in total. The van der Waals surface area contributed by atoms with Gasteiger partial charge in [0.25, 0.3) is 5.56 Å². The zero-order valence-electron chi connectivity index (χ0n) is 16.3. The summed E-state index contributed by atoms with van der Waals surface area (Å²) < 4.78 is 0. The van der Waals surface area contributed by atoms with Gasteiger partial charge < -0.3 is 15.5 Å². The minimum Gasteiger partial charge on any atom is -0.340 e. The largest absolute Gasteiger partial charge is 0.340 e.